The quantitative estimate of drug-likeness (QED) is 0.809. The van der Waals surface area contributed by atoms with Gasteiger partial charge in [0.1, 0.15) is 0 Å². The van der Waals surface area contributed by atoms with Crippen LogP contribution in [0.3, 0.4) is 0 Å². The summed E-state index contributed by atoms with van der Waals surface area (Å²) >= 11 is 0. The van der Waals surface area contributed by atoms with Crippen LogP contribution in [0.15, 0.2) is 36.5 Å². The number of aromatic nitrogens is 3. The predicted molar refractivity (Wildman–Crippen MR) is 75.0 cm³/mol. The number of benzene rings is 1. The molecule has 1 aliphatic rings. The van der Waals surface area contributed by atoms with Gasteiger partial charge in [-0.1, -0.05) is 30.3 Å². The molecule has 5 nitrogen and oxygen atoms in total. The van der Waals surface area contributed by atoms with Gasteiger partial charge in [-0.05, 0) is 7.05 Å². The van der Waals surface area contributed by atoms with Gasteiger partial charge in [0.25, 0.3) is 0 Å². The summed E-state index contributed by atoms with van der Waals surface area (Å²) in [5, 5.41) is 8.25. The first-order valence-corrected chi connectivity index (χ1v) is 6.51. The van der Waals surface area contributed by atoms with Crippen molar-refractivity contribution in [2.45, 2.75) is 0 Å². The normalized spacial score (nSPS) is 16.6. The van der Waals surface area contributed by atoms with Crippen molar-refractivity contribution >= 4 is 5.95 Å². The third-order valence-corrected chi connectivity index (χ3v) is 3.40. The van der Waals surface area contributed by atoms with Crippen LogP contribution >= 0.6 is 0 Å². The third kappa shape index (κ3) is 2.71. The molecule has 0 bridgehead atoms. The molecule has 2 aromatic rings. The number of rotatable bonds is 2. The molecule has 0 N–H and O–H groups in total. The molecule has 1 saturated heterocycles. The Morgan fingerprint density at radius 1 is 1.00 bits per heavy atom. The van der Waals surface area contributed by atoms with E-state index in [1.54, 1.807) is 6.20 Å². The molecule has 0 aliphatic carbocycles. The molecular formula is C14H17N5. The second-order valence-electron chi connectivity index (χ2n) is 4.80. The van der Waals surface area contributed by atoms with E-state index in [9.17, 15) is 0 Å². The number of likely N-dealkylation sites (N-methyl/N-ethyl adjacent to an activating group) is 1. The molecule has 5 heteroatoms. The summed E-state index contributed by atoms with van der Waals surface area (Å²) in [5.41, 5.74) is 1.96. The minimum absolute atomic E-state index is 0.731. The molecule has 0 atom stereocenters. The minimum Gasteiger partial charge on any atom is -0.337 e. The van der Waals surface area contributed by atoms with Gasteiger partial charge in [-0.2, -0.15) is 5.10 Å². The van der Waals surface area contributed by atoms with Gasteiger partial charge in [0, 0.05) is 31.7 Å². The molecule has 0 amide bonds. The lowest BCUT2D eigenvalue weighted by molar-refractivity contribution is 0.311. The van der Waals surface area contributed by atoms with Crippen LogP contribution < -0.4 is 4.90 Å². The standard InChI is InChI=1S/C14H17N5/c1-18-7-9-19(10-8-18)14-16-13(11-15-17-14)12-5-3-2-4-6-12/h2-6,11H,7-10H2,1H3. The average molecular weight is 255 g/mol. The van der Waals surface area contributed by atoms with Crippen LogP contribution in [0.2, 0.25) is 0 Å². The number of piperazine rings is 1. The zero-order chi connectivity index (χ0) is 13.1. The highest BCUT2D eigenvalue weighted by Crippen LogP contribution is 2.17. The smallest absolute Gasteiger partial charge is 0.245 e. The van der Waals surface area contributed by atoms with E-state index in [0.717, 1.165) is 43.4 Å². The Kier molecular flexibility index (Phi) is 3.37. The van der Waals surface area contributed by atoms with Crippen LogP contribution in [0.1, 0.15) is 0 Å². The fraction of sp³-hybridized carbons (Fsp3) is 0.357. The van der Waals surface area contributed by atoms with Gasteiger partial charge in [-0.25, -0.2) is 4.98 Å². The van der Waals surface area contributed by atoms with E-state index in [0.29, 0.717) is 0 Å². The Hall–Kier alpha value is -2.01. The van der Waals surface area contributed by atoms with Gasteiger partial charge < -0.3 is 9.80 Å². The van der Waals surface area contributed by atoms with E-state index < -0.39 is 0 Å². The van der Waals surface area contributed by atoms with Gasteiger partial charge in [0.15, 0.2) is 0 Å². The lowest BCUT2D eigenvalue weighted by Gasteiger charge is -2.32. The second-order valence-corrected chi connectivity index (χ2v) is 4.80. The Bertz CT molecular complexity index is 535. The van der Waals surface area contributed by atoms with Crippen molar-refractivity contribution in [3.05, 3.63) is 36.5 Å². The fourth-order valence-corrected chi connectivity index (χ4v) is 2.18. The molecule has 1 aromatic heterocycles. The van der Waals surface area contributed by atoms with Gasteiger partial charge in [0.05, 0.1) is 11.9 Å². The Balaban J connectivity index is 1.84. The Labute approximate surface area is 112 Å². The van der Waals surface area contributed by atoms with E-state index in [4.69, 9.17) is 0 Å². The Morgan fingerprint density at radius 2 is 1.74 bits per heavy atom. The van der Waals surface area contributed by atoms with Crippen LogP contribution in [-0.4, -0.2) is 53.3 Å². The first-order chi connectivity index (χ1) is 9.33. The molecule has 0 spiro atoms. The molecule has 3 rings (SSSR count). The summed E-state index contributed by atoms with van der Waals surface area (Å²) in [6.45, 7) is 3.99. The van der Waals surface area contributed by atoms with Crippen LogP contribution in [0.5, 0.6) is 0 Å². The molecule has 2 heterocycles. The molecule has 0 saturated carbocycles. The topological polar surface area (TPSA) is 45.2 Å². The first-order valence-electron chi connectivity index (χ1n) is 6.51. The van der Waals surface area contributed by atoms with Crippen molar-refractivity contribution in [3.63, 3.8) is 0 Å². The molecule has 0 unspecified atom stereocenters. The van der Waals surface area contributed by atoms with E-state index in [2.05, 4.69) is 32.0 Å². The highest BCUT2D eigenvalue weighted by Gasteiger charge is 2.17. The highest BCUT2D eigenvalue weighted by atomic mass is 15.4. The maximum Gasteiger partial charge on any atom is 0.245 e. The van der Waals surface area contributed by atoms with Crippen molar-refractivity contribution in [1.29, 1.82) is 0 Å². The second kappa shape index (κ2) is 5.32. The molecule has 1 fully saturated rings. The van der Waals surface area contributed by atoms with Gasteiger partial charge in [-0.3, -0.25) is 0 Å². The lowest BCUT2D eigenvalue weighted by Crippen LogP contribution is -2.45. The maximum absolute atomic E-state index is 4.63. The number of hydrogen-bond acceptors (Lipinski definition) is 5. The molecule has 98 valence electrons. The minimum atomic E-state index is 0.731. The summed E-state index contributed by atoms with van der Waals surface area (Å²) in [6.07, 6.45) is 1.72. The fourth-order valence-electron chi connectivity index (χ4n) is 2.18. The largest absolute Gasteiger partial charge is 0.337 e. The first kappa shape index (κ1) is 12.0. The van der Waals surface area contributed by atoms with Crippen LogP contribution in [0.25, 0.3) is 11.3 Å². The monoisotopic (exact) mass is 255 g/mol. The maximum atomic E-state index is 4.63. The van der Waals surface area contributed by atoms with Crippen molar-refractivity contribution in [2.75, 3.05) is 38.1 Å². The summed E-state index contributed by atoms with van der Waals surface area (Å²) in [7, 11) is 2.14. The molecular weight excluding hydrogens is 238 g/mol. The van der Waals surface area contributed by atoms with Crippen LogP contribution in [-0.2, 0) is 0 Å². The number of hydrogen-bond donors (Lipinski definition) is 0. The Morgan fingerprint density at radius 3 is 2.47 bits per heavy atom. The molecule has 0 radical (unpaired) electrons. The zero-order valence-electron chi connectivity index (χ0n) is 11.0. The zero-order valence-corrected chi connectivity index (χ0v) is 11.0. The number of anilines is 1. The average Bonchev–Trinajstić information content (AvgIpc) is 2.49. The van der Waals surface area contributed by atoms with Crippen molar-refractivity contribution in [1.82, 2.24) is 20.1 Å². The molecule has 1 aromatic carbocycles. The summed E-state index contributed by atoms with van der Waals surface area (Å²) in [6, 6.07) is 10.1. The third-order valence-electron chi connectivity index (χ3n) is 3.40. The van der Waals surface area contributed by atoms with Crippen LogP contribution in [0, 0.1) is 0 Å². The lowest BCUT2D eigenvalue weighted by atomic mass is 10.2. The summed E-state index contributed by atoms with van der Waals surface area (Å²) in [4.78, 5) is 9.13. The SMILES string of the molecule is CN1CCN(c2nncc(-c3ccccc3)n2)CC1. The van der Waals surface area contributed by atoms with Crippen molar-refractivity contribution in [3.8, 4) is 11.3 Å². The van der Waals surface area contributed by atoms with Gasteiger partial charge >= 0.3 is 0 Å². The number of nitrogens with zero attached hydrogens (tertiary/aromatic N) is 5. The van der Waals surface area contributed by atoms with Crippen molar-refractivity contribution in [2.24, 2.45) is 0 Å². The predicted octanol–water partition coefficient (Wildman–Crippen LogP) is 1.29. The van der Waals surface area contributed by atoms with Gasteiger partial charge in [-0.15, -0.1) is 5.10 Å². The van der Waals surface area contributed by atoms with Crippen molar-refractivity contribution < 1.29 is 0 Å². The van der Waals surface area contributed by atoms with Gasteiger partial charge in [0.2, 0.25) is 5.95 Å². The molecule has 19 heavy (non-hydrogen) atoms. The van der Waals surface area contributed by atoms with E-state index >= 15 is 0 Å². The highest BCUT2D eigenvalue weighted by molar-refractivity contribution is 5.58. The van der Waals surface area contributed by atoms with Crippen LogP contribution in [0.4, 0.5) is 5.95 Å². The van der Waals surface area contributed by atoms with E-state index in [1.807, 2.05) is 30.3 Å². The molecule has 1 aliphatic heterocycles. The van der Waals surface area contributed by atoms with E-state index in [-0.39, 0.29) is 0 Å². The summed E-state index contributed by atoms with van der Waals surface area (Å²) < 4.78 is 0. The van der Waals surface area contributed by atoms with E-state index in [1.165, 1.54) is 0 Å². The summed E-state index contributed by atoms with van der Waals surface area (Å²) in [5.74, 6) is 0.731.